The smallest absolute Gasteiger partial charge is 0.191 e. The van der Waals surface area contributed by atoms with Crippen molar-refractivity contribution in [2.45, 2.75) is 19.8 Å². The zero-order chi connectivity index (χ0) is 12.5. The molecule has 0 atom stereocenters. The average Bonchev–Trinajstić information content (AvgIpc) is 2.34. The van der Waals surface area contributed by atoms with Crippen LogP contribution < -0.4 is 10.6 Å². The Balaban J connectivity index is 0.00000289. The maximum atomic E-state index is 5.34. The molecular formula is C12H23BrIN3O. The number of hydrogen-bond donors (Lipinski definition) is 2. The molecule has 1 heterocycles. The van der Waals surface area contributed by atoms with Gasteiger partial charge in [0.2, 0.25) is 0 Å². The number of nitrogens with zero attached hydrogens (tertiary/aromatic N) is 1. The molecule has 1 saturated heterocycles. The second-order valence-corrected chi connectivity index (χ2v) is 5.27. The van der Waals surface area contributed by atoms with Crippen LogP contribution in [0.2, 0.25) is 0 Å². The fourth-order valence-electron chi connectivity index (χ4n) is 1.70. The van der Waals surface area contributed by atoms with Gasteiger partial charge in [-0.3, -0.25) is 0 Å². The molecule has 2 N–H and O–H groups in total. The van der Waals surface area contributed by atoms with E-state index in [-0.39, 0.29) is 24.0 Å². The third-order valence-electron chi connectivity index (χ3n) is 2.65. The van der Waals surface area contributed by atoms with Crippen LogP contribution in [0.15, 0.2) is 16.1 Å². The Morgan fingerprint density at radius 1 is 1.39 bits per heavy atom. The van der Waals surface area contributed by atoms with Gasteiger partial charge in [0.15, 0.2) is 5.96 Å². The Morgan fingerprint density at radius 3 is 2.61 bits per heavy atom. The van der Waals surface area contributed by atoms with E-state index >= 15 is 0 Å². The highest BCUT2D eigenvalue weighted by Crippen LogP contribution is 2.13. The molecule has 6 heteroatoms. The van der Waals surface area contributed by atoms with E-state index in [1.807, 2.05) is 0 Å². The Bertz CT molecular complexity index is 268. The SMILES string of the molecule is C=C(Br)CN=C(NCC)NCC1CCOCC1.I. The summed E-state index contributed by atoms with van der Waals surface area (Å²) in [5, 5.41) is 6.59. The maximum absolute atomic E-state index is 5.34. The summed E-state index contributed by atoms with van der Waals surface area (Å²) in [5.41, 5.74) is 0. The van der Waals surface area contributed by atoms with Crippen molar-refractivity contribution in [3.8, 4) is 0 Å². The second-order valence-electron chi connectivity index (χ2n) is 4.15. The molecule has 1 fully saturated rings. The van der Waals surface area contributed by atoms with Gasteiger partial charge in [0, 0.05) is 30.8 Å². The van der Waals surface area contributed by atoms with Gasteiger partial charge in [-0.2, -0.15) is 0 Å². The van der Waals surface area contributed by atoms with Gasteiger partial charge in [-0.25, -0.2) is 4.99 Å². The minimum absolute atomic E-state index is 0. The molecule has 106 valence electrons. The van der Waals surface area contributed by atoms with Gasteiger partial charge in [0.25, 0.3) is 0 Å². The summed E-state index contributed by atoms with van der Waals surface area (Å²) in [7, 11) is 0. The van der Waals surface area contributed by atoms with Crippen molar-refractivity contribution in [3.63, 3.8) is 0 Å². The number of nitrogens with one attached hydrogen (secondary N) is 2. The maximum Gasteiger partial charge on any atom is 0.191 e. The number of hydrogen-bond acceptors (Lipinski definition) is 2. The number of guanidine groups is 1. The third kappa shape index (κ3) is 8.31. The van der Waals surface area contributed by atoms with E-state index in [1.165, 1.54) is 0 Å². The van der Waals surface area contributed by atoms with Gasteiger partial charge in [-0.1, -0.05) is 22.5 Å². The minimum Gasteiger partial charge on any atom is -0.381 e. The fraction of sp³-hybridized carbons (Fsp3) is 0.750. The molecule has 0 aromatic heterocycles. The Hall–Kier alpha value is 0.180. The first-order valence-electron chi connectivity index (χ1n) is 6.15. The highest BCUT2D eigenvalue weighted by atomic mass is 127. The first-order chi connectivity index (χ1) is 8.22. The lowest BCUT2D eigenvalue weighted by Gasteiger charge is -2.23. The molecule has 1 aliphatic rings. The minimum atomic E-state index is 0. The highest BCUT2D eigenvalue weighted by Gasteiger charge is 2.13. The predicted molar refractivity (Wildman–Crippen MR) is 91.0 cm³/mol. The van der Waals surface area contributed by atoms with Gasteiger partial charge in [-0.05, 0) is 25.7 Å². The first kappa shape index (κ1) is 18.2. The summed E-state index contributed by atoms with van der Waals surface area (Å²) in [6.07, 6.45) is 2.27. The third-order valence-corrected chi connectivity index (χ3v) is 2.90. The van der Waals surface area contributed by atoms with Crippen LogP contribution in [0, 0.1) is 5.92 Å². The van der Waals surface area contributed by atoms with E-state index < -0.39 is 0 Å². The number of halogens is 2. The van der Waals surface area contributed by atoms with Gasteiger partial charge in [0.05, 0.1) is 6.54 Å². The van der Waals surface area contributed by atoms with Crippen molar-refractivity contribution in [2.75, 3.05) is 32.8 Å². The first-order valence-corrected chi connectivity index (χ1v) is 6.95. The molecule has 0 aromatic carbocycles. The van der Waals surface area contributed by atoms with E-state index in [2.05, 4.69) is 45.1 Å². The standard InChI is InChI=1S/C12H22BrN3O.HI/c1-3-14-12(15-8-10(2)13)16-9-11-4-6-17-7-5-11;/h11H,2-9H2,1H3,(H2,14,15,16);1H. The van der Waals surface area contributed by atoms with E-state index in [4.69, 9.17) is 4.74 Å². The van der Waals surface area contributed by atoms with Crippen LogP contribution in [0.25, 0.3) is 0 Å². The van der Waals surface area contributed by atoms with E-state index in [0.717, 1.165) is 49.6 Å². The normalized spacial score (nSPS) is 16.9. The van der Waals surface area contributed by atoms with Crippen molar-refractivity contribution in [1.82, 2.24) is 10.6 Å². The van der Waals surface area contributed by atoms with Crippen molar-refractivity contribution in [2.24, 2.45) is 10.9 Å². The van der Waals surface area contributed by atoms with Crippen LogP contribution in [-0.2, 0) is 4.74 Å². The predicted octanol–water partition coefficient (Wildman–Crippen LogP) is 2.49. The summed E-state index contributed by atoms with van der Waals surface area (Å²) < 4.78 is 6.23. The molecule has 0 saturated carbocycles. The van der Waals surface area contributed by atoms with Crippen molar-refractivity contribution in [3.05, 3.63) is 11.1 Å². The number of rotatable bonds is 5. The van der Waals surface area contributed by atoms with Crippen LogP contribution in [0.1, 0.15) is 19.8 Å². The van der Waals surface area contributed by atoms with E-state index in [1.54, 1.807) is 0 Å². The highest BCUT2D eigenvalue weighted by molar-refractivity contribution is 14.0. The molecular weight excluding hydrogens is 409 g/mol. The summed E-state index contributed by atoms with van der Waals surface area (Å²) in [6, 6.07) is 0. The molecule has 0 unspecified atom stereocenters. The summed E-state index contributed by atoms with van der Waals surface area (Å²) in [6.45, 7) is 10.0. The lowest BCUT2D eigenvalue weighted by molar-refractivity contribution is 0.0675. The van der Waals surface area contributed by atoms with Crippen molar-refractivity contribution < 1.29 is 4.74 Å². The molecule has 0 spiro atoms. The Labute approximate surface area is 135 Å². The molecule has 4 nitrogen and oxygen atoms in total. The van der Waals surface area contributed by atoms with Crippen LogP contribution in [0.5, 0.6) is 0 Å². The van der Waals surface area contributed by atoms with Crippen LogP contribution >= 0.6 is 39.9 Å². The average molecular weight is 432 g/mol. The molecule has 1 aliphatic heterocycles. The van der Waals surface area contributed by atoms with Crippen molar-refractivity contribution >= 4 is 45.9 Å². The Kier molecular flexibility index (Phi) is 11.2. The van der Waals surface area contributed by atoms with Gasteiger partial charge >= 0.3 is 0 Å². The Morgan fingerprint density at radius 2 is 2.06 bits per heavy atom. The quantitative estimate of drug-likeness (QED) is 0.399. The largest absolute Gasteiger partial charge is 0.381 e. The molecule has 0 aliphatic carbocycles. The zero-order valence-electron chi connectivity index (χ0n) is 10.9. The lowest BCUT2D eigenvalue weighted by atomic mass is 10.0. The van der Waals surface area contributed by atoms with Crippen LogP contribution in [0.3, 0.4) is 0 Å². The van der Waals surface area contributed by atoms with Gasteiger partial charge < -0.3 is 15.4 Å². The molecule has 18 heavy (non-hydrogen) atoms. The van der Waals surface area contributed by atoms with Crippen LogP contribution in [-0.4, -0.2) is 38.8 Å². The molecule has 1 rings (SSSR count). The van der Waals surface area contributed by atoms with Crippen LogP contribution in [0.4, 0.5) is 0 Å². The monoisotopic (exact) mass is 431 g/mol. The lowest BCUT2D eigenvalue weighted by Crippen LogP contribution is -2.40. The van der Waals surface area contributed by atoms with Gasteiger partial charge in [0.1, 0.15) is 0 Å². The van der Waals surface area contributed by atoms with Gasteiger partial charge in [-0.15, -0.1) is 24.0 Å². The summed E-state index contributed by atoms with van der Waals surface area (Å²) >= 11 is 3.31. The molecule has 0 radical (unpaired) electrons. The van der Waals surface area contributed by atoms with Crippen molar-refractivity contribution in [1.29, 1.82) is 0 Å². The van der Waals surface area contributed by atoms with E-state index in [9.17, 15) is 0 Å². The molecule has 0 aromatic rings. The van der Waals surface area contributed by atoms with E-state index in [0.29, 0.717) is 12.5 Å². The topological polar surface area (TPSA) is 45.7 Å². The second kappa shape index (κ2) is 11.0. The zero-order valence-corrected chi connectivity index (χ0v) is 14.8. The summed E-state index contributed by atoms with van der Waals surface area (Å²) in [5.74, 6) is 1.55. The summed E-state index contributed by atoms with van der Waals surface area (Å²) in [4.78, 5) is 4.41. The molecule has 0 amide bonds. The fourth-order valence-corrected chi connectivity index (χ4v) is 1.82. The number of aliphatic imine (C=N–C) groups is 1. The molecule has 0 bridgehead atoms. The number of ether oxygens (including phenoxy) is 1.